The van der Waals surface area contributed by atoms with E-state index < -0.39 is 6.04 Å². The monoisotopic (exact) mass is 467 g/mol. The van der Waals surface area contributed by atoms with Crippen molar-refractivity contribution >= 4 is 23.4 Å². The van der Waals surface area contributed by atoms with Crippen LogP contribution in [0.3, 0.4) is 0 Å². The number of benzene rings is 2. The normalized spacial score (nSPS) is 20.7. The van der Waals surface area contributed by atoms with Gasteiger partial charge in [-0.25, -0.2) is 0 Å². The van der Waals surface area contributed by atoms with Gasteiger partial charge in [-0.3, -0.25) is 14.5 Å². The summed E-state index contributed by atoms with van der Waals surface area (Å²) in [6.07, 6.45) is 9.10. The van der Waals surface area contributed by atoms with Gasteiger partial charge in [-0.1, -0.05) is 79.7 Å². The van der Waals surface area contributed by atoms with Crippen LogP contribution in [0.2, 0.25) is 5.02 Å². The molecule has 0 bridgehead atoms. The summed E-state index contributed by atoms with van der Waals surface area (Å²) in [5.74, 6) is -0.307. The first-order valence-corrected chi connectivity index (χ1v) is 12.6. The largest absolute Gasteiger partial charge is 0.352 e. The lowest BCUT2D eigenvalue weighted by Crippen LogP contribution is -2.41. The van der Waals surface area contributed by atoms with Crippen molar-refractivity contribution in [3.63, 3.8) is 0 Å². The number of hydrogen-bond donors (Lipinski definition) is 2. The van der Waals surface area contributed by atoms with Crippen LogP contribution in [0.4, 0.5) is 0 Å². The molecule has 4 rings (SSSR count). The summed E-state index contributed by atoms with van der Waals surface area (Å²) in [4.78, 5) is 28.5. The minimum absolute atomic E-state index is 0.0315. The number of amides is 2. The van der Waals surface area contributed by atoms with Crippen molar-refractivity contribution in [3.8, 4) is 0 Å². The summed E-state index contributed by atoms with van der Waals surface area (Å²) < 4.78 is 0. The van der Waals surface area contributed by atoms with Crippen molar-refractivity contribution < 1.29 is 9.59 Å². The van der Waals surface area contributed by atoms with Crippen molar-refractivity contribution in [2.45, 2.75) is 69.5 Å². The van der Waals surface area contributed by atoms with Gasteiger partial charge in [0.2, 0.25) is 5.91 Å². The summed E-state index contributed by atoms with van der Waals surface area (Å²) in [6, 6.07) is 17.0. The van der Waals surface area contributed by atoms with E-state index in [2.05, 4.69) is 15.5 Å². The highest BCUT2D eigenvalue weighted by Crippen LogP contribution is 2.25. The highest BCUT2D eigenvalue weighted by molar-refractivity contribution is 6.33. The number of carbonyl (C=O) groups excluding carboxylic acids is 2. The number of nitrogens with one attached hydrogen (secondary N) is 2. The molecule has 2 aromatic carbocycles. The van der Waals surface area contributed by atoms with E-state index in [1.807, 2.05) is 30.3 Å². The van der Waals surface area contributed by atoms with E-state index >= 15 is 0 Å². The van der Waals surface area contributed by atoms with Gasteiger partial charge in [-0.15, -0.1) is 0 Å². The van der Waals surface area contributed by atoms with Gasteiger partial charge < -0.3 is 10.6 Å². The first-order chi connectivity index (χ1) is 16.1. The number of hydrogen-bond acceptors (Lipinski definition) is 3. The summed E-state index contributed by atoms with van der Waals surface area (Å²) in [7, 11) is 0. The van der Waals surface area contributed by atoms with Crippen LogP contribution in [0.5, 0.6) is 0 Å². The zero-order chi connectivity index (χ0) is 23.0. The number of rotatable bonds is 7. The van der Waals surface area contributed by atoms with Crippen LogP contribution in [0.25, 0.3) is 0 Å². The predicted molar refractivity (Wildman–Crippen MR) is 132 cm³/mol. The van der Waals surface area contributed by atoms with Crippen LogP contribution in [0.1, 0.15) is 73.3 Å². The molecule has 33 heavy (non-hydrogen) atoms. The molecule has 0 unspecified atom stereocenters. The maximum Gasteiger partial charge on any atom is 0.253 e. The highest BCUT2D eigenvalue weighted by atomic mass is 35.5. The number of carbonyl (C=O) groups is 2. The Kier molecular flexibility index (Phi) is 8.40. The maximum atomic E-state index is 13.0. The molecule has 0 spiro atoms. The Hall–Kier alpha value is -2.37. The fourth-order valence-corrected chi connectivity index (χ4v) is 5.37. The molecular weight excluding hydrogens is 434 g/mol. The molecule has 2 atom stereocenters. The zero-order valence-corrected chi connectivity index (χ0v) is 19.9. The van der Waals surface area contributed by atoms with Gasteiger partial charge in [-0.05, 0) is 37.0 Å². The molecule has 1 aliphatic carbocycles. The molecule has 2 amide bonds. The van der Waals surface area contributed by atoms with Crippen molar-refractivity contribution in [3.05, 3.63) is 70.7 Å². The first kappa shape index (κ1) is 23.8. The Balaban J connectivity index is 1.36. The van der Waals surface area contributed by atoms with Crippen LogP contribution < -0.4 is 10.6 Å². The minimum atomic E-state index is -0.422. The topological polar surface area (TPSA) is 61.4 Å². The lowest BCUT2D eigenvalue weighted by molar-refractivity contribution is -0.122. The molecule has 176 valence electrons. The quantitative estimate of drug-likeness (QED) is 0.556. The first-order valence-electron chi connectivity index (χ1n) is 12.2. The number of nitrogens with zero attached hydrogens (tertiary/aromatic N) is 1. The van der Waals surface area contributed by atoms with Crippen molar-refractivity contribution in [2.24, 2.45) is 0 Å². The molecule has 0 radical (unpaired) electrons. The molecule has 2 N–H and O–H groups in total. The summed E-state index contributed by atoms with van der Waals surface area (Å²) >= 11 is 6.21. The van der Waals surface area contributed by atoms with E-state index in [1.54, 1.807) is 24.3 Å². The number of halogens is 1. The lowest BCUT2D eigenvalue weighted by Gasteiger charge is -2.27. The van der Waals surface area contributed by atoms with Crippen molar-refractivity contribution in [1.29, 1.82) is 0 Å². The van der Waals surface area contributed by atoms with Gasteiger partial charge in [-0.2, -0.15) is 0 Å². The Bertz CT molecular complexity index is 928. The Morgan fingerprint density at radius 2 is 1.64 bits per heavy atom. The third kappa shape index (κ3) is 6.58. The van der Waals surface area contributed by atoms with Crippen LogP contribution in [-0.2, 0) is 4.79 Å². The molecule has 1 aliphatic heterocycles. The molecule has 0 aromatic heterocycles. The third-order valence-electron chi connectivity index (χ3n) is 6.94. The molecule has 1 saturated heterocycles. The van der Waals surface area contributed by atoms with Crippen LogP contribution in [0, 0.1) is 0 Å². The summed E-state index contributed by atoms with van der Waals surface area (Å²) in [6.45, 7) is 1.99. The smallest absolute Gasteiger partial charge is 0.253 e. The maximum absolute atomic E-state index is 13.0. The fourth-order valence-electron chi connectivity index (χ4n) is 5.15. The molecule has 1 heterocycles. The van der Waals surface area contributed by atoms with Gasteiger partial charge in [0.05, 0.1) is 23.0 Å². The zero-order valence-electron chi connectivity index (χ0n) is 19.1. The van der Waals surface area contributed by atoms with E-state index in [4.69, 9.17) is 11.6 Å². The molecule has 1 saturated carbocycles. The fraction of sp³-hybridized carbons (Fsp3) is 0.481. The molecule has 5 nitrogen and oxygen atoms in total. The average Bonchev–Trinajstić information content (AvgIpc) is 3.11. The second-order valence-electron chi connectivity index (χ2n) is 9.31. The Morgan fingerprint density at radius 3 is 2.36 bits per heavy atom. The van der Waals surface area contributed by atoms with E-state index in [-0.39, 0.29) is 24.3 Å². The van der Waals surface area contributed by atoms with Crippen molar-refractivity contribution in [1.82, 2.24) is 15.5 Å². The van der Waals surface area contributed by atoms with E-state index in [1.165, 1.54) is 38.5 Å². The van der Waals surface area contributed by atoms with Gasteiger partial charge in [0, 0.05) is 25.2 Å². The van der Waals surface area contributed by atoms with Crippen LogP contribution in [-0.4, -0.2) is 41.9 Å². The standard InChI is InChI=1S/C27H34ClN3O2/c28-24-15-9-8-14-23(24)27(33)30-25(20-10-4-3-5-11-20)18-26(32)29-21-16-17-31(19-21)22-12-6-1-2-7-13-22/h3-5,8-11,14-15,21-22,25H,1-2,6-7,12-13,16-19H2,(H,29,32)(H,30,33)/t21-,25+/m1/s1. The van der Waals surface area contributed by atoms with Gasteiger partial charge in [0.25, 0.3) is 5.91 Å². The Labute approximate surface area is 201 Å². The minimum Gasteiger partial charge on any atom is -0.352 e. The van der Waals surface area contributed by atoms with E-state index in [9.17, 15) is 9.59 Å². The van der Waals surface area contributed by atoms with E-state index in [0.717, 1.165) is 25.1 Å². The van der Waals surface area contributed by atoms with Gasteiger partial charge in [0.1, 0.15) is 0 Å². The predicted octanol–water partition coefficient (Wildman–Crippen LogP) is 5.11. The summed E-state index contributed by atoms with van der Waals surface area (Å²) in [5.41, 5.74) is 1.31. The third-order valence-corrected chi connectivity index (χ3v) is 7.27. The molecule has 2 fully saturated rings. The summed E-state index contributed by atoms with van der Waals surface area (Å²) in [5, 5.41) is 6.65. The van der Waals surface area contributed by atoms with Gasteiger partial charge >= 0.3 is 0 Å². The average molecular weight is 468 g/mol. The molecule has 6 heteroatoms. The Morgan fingerprint density at radius 1 is 0.939 bits per heavy atom. The second-order valence-corrected chi connectivity index (χ2v) is 9.72. The van der Waals surface area contributed by atoms with E-state index in [0.29, 0.717) is 16.6 Å². The van der Waals surface area contributed by atoms with Crippen LogP contribution in [0.15, 0.2) is 54.6 Å². The van der Waals surface area contributed by atoms with Crippen molar-refractivity contribution in [2.75, 3.05) is 13.1 Å². The SMILES string of the molecule is O=C(C[C@H](NC(=O)c1ccccc1Cl)c1ccccc1)N[C@@H]1CCN(C2CCCCCC2)C1. The molecule has 2 aliphatic rings. The highest BCUT2D eigenvalue weighted by Gasteiger charge is 2.30. The second kappa shape index (κ2) is 11.7. The number of likely N-dealkylation sites (tertiary alicyclic amines) is 1. The molecule has 2 aromatic rings. The van der Waals surface area contributed by atoms with Gasteiger partial charge in [0.15, 0.2) is 0 Å². The lowest BCUT2D eigenvalue weighted by atomic mass is 10.0. The molecular formula is C27H34ClN3O2. The van der Waals surface area contributed by atoms with Crippen LogP contribution >= 0.6 is 11.6 Å².